The Morgan fingerprint density at radius 2 is 1.94 bits per heavy atom. The number of hydrogen-bond donors (Lipinski definition) is 1. The van der Waals surface area contributed by atoms with E-state index in [9.17, 15) is 13.5 Å². The van der Waals surface area contributed by atoms with Gasteiger partial charge in [0.25, 0.3) is 0 Å². The molecule has 0 saturated heterocycles. The lowest BCUT2D eigenvalue weighted by Crippen LogP contribution is -2.24. The third kappa shape index (κ3) is 0.924. The van der Waals surface area contributed by atoms with Gasteiger partial charge in [0.2, 0.25) is 0 Å². The van der Waals surface area contributed by atoms with Crippen molar-refractivity contribution in [3.05, 3.63) is 30.3 Å². The minimum Gasteiger partial charge on any atom is -0.392 e. The van der Waals surface area contributed by atoms with E-state index in [-0.39, 0.29) is 23.9 Å². The van der Waals surface area contributed by atoms with Gasteiger partial charge in [-0.2, -0.15) is 0 Å². The van der Waals surface area contributed by atoms with Crippen molar-refractivity contribution in [3.8, 4) is 0 Å². The van der Waals surface area contributed by atoms with E-state index in [1.807, 2.05) is 6.07 Å². The van der Waals surface area contributed by atoms with Crippen molar-refractivity contribution < 1.29 is 13.5 Å². The Hall–Kier alpha value is -0.870. The highest BCUT2D eigenvalue weighted by atomic mass is 32.2. The molecule has 0 heterocycles. The van der Waals surface area contributed by atoms with E-state index in [1.165, 1.54) is 0 Å². The summed E-state index contributed by atoms with van der Waals surface area (Å²) in [6, 6.07) is 8.68. The molecule has 5 rings (SSSR count). The van der Waals surface area contributed by atoms with Crippen molar-refractivity contribution in [3.63, 3.8) is 0 Å². The molecule has 1 aromatic rings. The molecule has 4 fully saturated rings. The molecule has 4 saturated carbocycles. The number of benzene rings is 1. The number of aliphatic hydroxyl groups is 1. The Bertz CT molecular complexity index is 580. The van der Waals surface area contributed by atoms with E-state index in [0.29, 0.717) is 11.3 Å². The third-order valence-electron chi connectivity index (χ3n) is 5.06. The van der Waals surface area contributed by atoms with Crippen LogP contribution in [0.25, 0.3) is 0 Å². The van der Waals surface area contributed by atoms with Crippen molar-refractivity contribution in [1.29, 1.82) is 0 Å². The van der Waals surface area contributed by atoms with E-state index in [1.54, 1.807) is 24.3 Å². The summed E-state index contributed by atoms with van der Waals surface area (Å²) in [7, 11) is -3.26. The smallest absolute Gasteiger partial charge is 0.184 e. The van der Waals surface area contributed by atoms with Crippen molar-refractivity contribution in [1.82, 2.24) is 0 Å². The quantitative estimate of drug-likeness (QED) is 0.859. The summed E-state index contributed by atoms with van der Waals surface area (Å²) >= 11 is 0. The maximum atomic E-state index is 12.7. The van der Waals surface area contributed by atoms with E-state index in [0.717, 1.165) is 6.42 Å². The van der Waals surface area contributed by atoms with Crippen LogP contribution in [0.15, 0.2) is 35.2 Å². The molecule has 4 aliphatic carbocycles. The summed E-state index contributed by atoms with van der Waals surface area (Å²) in [4.78, 5) is 0.419. The maximum absolute atomic E-state index is 12.7. The SMILES string of the molecule is O=S(=O)(c1ccccc1)[C@]12C[C@@H]3C[C@H]1[C@H]2[C@H]3O. The van der Waals surface area contributed by atoms with E-state index in [4.69, 9.17) is 0 Å². The van der Waals surface area contributed by atoms with Gasteiger partial charge in [-0.1, -0.05) is 18.2 Å². The topological polar surface area (TPSA) is 54.4 Å². The molecule has 90 valence electrons. The minimum atomic E-state index is -3.26. The first kappa shape index (κ1) is 10.1. The highest BCUT2D eigenvalue weighted by Gasteiger charge is 2.84. The van der Waals surface area contributed by atoms with Gasteiger partial charge in [-0.3, -0.25) is 0 Å². The summed E-state index contributed by atoms with van der Waals surface area (Å²) in [5.74, 6) is 0.453. The summed E-state index contributed by atoms with van der Waals surface area (Å²) in [5.41, 5.74) is 0. The van der Waals surface area contributed by atoms with Gasteiger partial charge in [0.05, 0.1) is 15.7 Å². The molecule has 4 heteroatoms. The number of hydrogen-bond acceptors (Lipinski definition) is 3. The number of aliphatic hydroxyl groups excluding tert-OH is 1. The molecule has 0 unspecified atom stereocenters. The van der Waals surface area contributed by atoms with Crippen LogP contribution < -0.4 is 0 Å². The predicted octanol–water partition coefficient (Wildman–Crippen LogP) is 1.23. The van der Waals surface area contributed by atoms with Gasteiger partial charge in [0.15, 0.2) is 9.84 Å². The second-order valence-electron chi connectivity index (χ2n) is 5.59. The van der Waals surface area contributed by atoms with Crippen LogP contribution in [-0.2, 0) is 9.84 Å². The van der Waals surface area contributed by atoms with Gasteiger partial charge >= 0.3 is 0 Å². The standard InChI is InChI=1S/C13H14O3S/c14-12-8-6-10-11(12)13(10,7-8)17(15,16)9-4-2-1-3-5-9/h1-5,8,10-12,14H,6-7H2/t8-,10-,11-,12-,13+/m0/s1. The molecule has 0 aliphatic heterocycles. The first-order valence-electron chi connectivity index (χ1n) is 6.07. The zero-order chi connectivity index (χ0) is 11.8. The first-order valence-corrected chi connectivity index (χ1v) is 7.55. The van der Waals surface area contributed by atoms with Gasteiger partial charge in [-0.15, -0.1) is 0 Å². The molecule has 4 aliphatic rings. The van der Waals surface area contributed by atoms with Crippen LogP contribution in [-0.4, -0.2) is 24.4 Å². The van der Waals surface area contributed by atoms with Gasteiger partial charge < -0.3 is 5.11 Å². The average Bonchev–Trinajstić information content (AvgIpc) is 2.66. The van der Waals surface area contributed by atoms with Gasteiger partial charge in [0, 0.05) is 5.92 Å². The third-order valence-corrected chi connectivity index (χ3v) is 7.69. The molecule has 3 nitrogen and oxygen atoms in total. The number of rotatable bonds is 2. The molecular weight excluding hydrogens is 236 g/mol. The summed E-state index contributed by atoms with van der Waals surface area (Å²) < 4.78 is 24.7. The highest BCUT2D eigenvalue weighted by Crippen LogP contribution is 2.77. The molecule has 0 amide bonds. The summed E-state index contributed by atoms with van der Waals surface area (Å²) in [6.07, 6.45) is 1.19. The normalized spacial score (nSPS) is 46.2. The maximum Gasteiger partial charge on any atom is 0.184 e. The lowest BCUT2D eigenvalue weighted by molar-refractivity contribution is 0.135. The van der Waals surface area contributed by atoms with Crippen molar-refractivity contribution in [2.45, 2.75) is 28.6 Å². The van der Waals surface area contributed by atoms with E-state index < -0.39 is 14.6 Å². The zero-order valence-corrected chi connectivity index (χ0v) is 10.1. The Kier molecular flexibility index (Phi) is 1.63. The van der Waals surface area contributed by atoms with Crippen molar-refractivity contribution in [2.24, 2.45) is 17.8 Å². The highest BCUT2D eigenvalue weighted by molar-refractivity contribution is 7.93. The number of sulfone groups is 1. The zero-order valence-electron chi connectivity index (χ0n) is 9.28. The molecular formula is C13H14O3S. The van der Waals surface area contributed by atoms with Crippen molar-refractivity contribution >= 4 is 9.84 Å². The Balaban J connectivity index is 1.84. The largest absolute Gasteiger partial charge is 0.392 e. The second-order valence-corrected chi connectivity index (χ2v) is 7.83. The molecule has 1 N–H and O–H groups in total. The lowest BCUT2D eigenvalue weighted by Gasteiger charge is -2.12. The van der Waals surface area contributed by atoms with Crippen molar-refractivity contribution in [2.75, 3.05) is 0 Å². The van der Waals surface area contributed by atoms with Crippen LogP contribution in [0.5, 0.6) is 0 Å². The molecule has 0 spiro atoms. The van der Waals surface area contributed by atoms with Crippen LogP contribution in [0.2, 0.25) is 0 Å². The molecule has 4 bridgehead atoms. The minimum absolute atomic E-state index is 0.0118. The van der Waals surface area contributed by atoms with Gasteiger partial charge in [0.1, 0.15) is 0 Å². The molecule has 1 aromatic carbocycles. The predicted molar refractivity (Wildman–Crippen MR) is 62.1 cm³/mol. The lowest BCUT2D eigenvalue weighted by atomic mass is 10.1. The Labute approximate surface area is 100 Å². The molecule has 17 heavy (non-hydrogen) atoms. The monoisotopic (exact) mass is 250 g/mol. The molecule has 5 atom stereocenters. The fourth-order valence-corrected chi connectivity index (χ4v) is 6.99. The van der Waals surface area contributed by atoms with Crippen LogP contribution in [0.4, 0.5) is 0 Å². The van der Waals surface area contributed by atoms with E-state index >= 15 is 0 Å². The van der Waals surface area contributed by atoms with Crippen LogP contribution >= 0.6 is 0 Å². The molecule has 0 radical (unpaired) electrons. The van der Waals surface area contributed by atoms with Crippen LogP contribution in [0.1, 0.15) is 12.8 Å². The van der Waals surface area contributed by atoms with Crippen LogP contribution in [0, 0.1) is 17.8 Å². The first-order chi connectivity index (χ1) is 8.09. The Morgan fingerprint density at radius 3 is 2.41 bits per heavy atom. The second kappa shape index (κ2) is 2.75. The average molecular weight is 250 g/mol. The van der Waals surface area contributed by atoms with E-state index in [2.05, 4.69) is 0 Å². The Morgan fingerprint density at radius 1 is 1.24 bits per heavy atom. The van der Waals surface area contributed by atoms with Gasteiger partial charge in [-0.05, 0) is 36.8 Å². The fraction of sp³-hybridized carbons (Fsp3) is 0.538. The summed E-state index contributed by atoms with van der Waals surface area (Å²) in [5, 5.41) is 9.96. The van der Waals surface area contributed by atoms with Gasteiger partial charge in [-0.25, -0.2) is 8.42 Å². The fourth-order valence-electron chi connectivity index (χ4n) is 4.36. The summed E-state index contributed by atoms with van der Waals surface area (Å²) in [6.45, 7) is 0. The molecule has 0 aromatic heterocycles. The van der Waals surface area contributed by atoms with Crippen LogP contribution in [0.3, 0.4) is 0 Å².